The highest BCUT2D eigenvalue weighted by Crippen LogP contribution is 2.13. The molecule has 0 aromatic heterocycles. The molecular formula is C12H23NO5. The molecule has 0 amide bonds. The van der Waals surface area contributed by atoms with Gasteiger partial charge in [-0.1, -0.05) is 0 Å². The average Bonchev–Trinajstić information content (AvgIpc) is 2.41. The first-order valence-corrected chi connectivity index (χ1v) is 5.68. The average molecular weight is 261 g/mol. The standard InChI is InChI=1S/C12H23NO5/c1-15-11(16-2)6-5-10(14)9(8-13)7-12(17-3)18-4/h8,11-12H,5-7,13H2,1-4H3. The quantitative estimate of drug-likeness (QED) is 0.463. The summed E-state index contributed by atoms with van der Waals surface area (Å²) in [6.45, 7) is 0. The van der Waals surface area contributed by atoms with Gasteiger partial charge in [0.1, 0.15) is 0 Å². The second-order valence-corrected chi connectivity index (χ2v) is 3.66. The van der Waals surface area contributed by atoms with E-state index in [1.54, 1.807) is 0 Å². The summed E-state index contributed by atoms with van der Waals surface area (Å²) in [7, 11) is 6.09. The number of ether oxygens (including phenoxy) is 4. The van der Waals surface area contributed by atoms with Crippen molar-refractivity contribution in [2.45, 2.75) is 31.8 Å². The molecule has 2 N–H and O–H groups in total. The fraction of sp³-hybridized carbons (Fsp3) is 0.750. The predicted octanol–water partition coefficient (Wildman–Crippen LogP) is 0.806. The van der Waals surface area contributed by atoms with Gasteiger partial charge in [0.2, 0.25) is 0 Å². The van der Waals surface area contributed by atoms with Crippen LogP contribution in [-0.2, 0) is 23.7 Å². The van der Waals surface area contributed by atoms with E-state index in [9.17, 15) is 4.79 Å². The summed E-state index contributed by atoms with van der Waals surface area (Å²) in [6.07, 6.45) is 1.55. The first-order chi connectivity index (χ1) is 8.62. The van der Waals surface area contributed by atoms with E-state index in [0.717, 1.165) is 0 Å². The van der Waals surface area contributed by atoms with E-state index < -0.39 is 6.29 Å². The molecule has 0 unspecified atom stereocenters. The lowest BCUT2D eigenvalue weighted by atomic mass is 10.0. The van der Waals surface area contributed by atoms with Crippen LogP contribution in [0.4, 0.5) is 0 Å². The Hall–Kier alpha value is -0.950. The molecule has 0 rings (SSSR count). The molecule has 106 valence electrons. The lowest BCUT2D eigenvalue weighted by molar-refractivity contribution is -0.127. The van der Waals surface area contributed by atoms with Crippen LogP contribution in [0.2, 0.25) is 0 Å². The molecule has 0 aromatic carbocycles. The van der Waals surface area contributed by atoms with Crippen molar-refractivity contribution >= 4 is 5.78 Å². The van der Waals surface area contributed by atoms with Gasteiger partial charge in [-0.2, -0.15) is 0 Å². The third-order valence-electron chi connectivity index (χ3n) is 2.60. The van der Waals surface area contributed by atoms with Crippen molar-refractivity contribution in [3.8, 4) is 0 Å². The van der Waals surface area contributed by atoms with Crippen LogP contribution in [0.15, 0.2) is 11.8 Å². The number of hydrogen-bond donors (Lipinski definition) is 1. The van der Waals surface area contributed by atoms with Crippen LogP contribution in [0, 0.1) is 0 Å². The molecule has 0 aliphatic heterocycles. The summed E-state index contributed by atoms with van der Waals surface area (Å²) in [4.78, 5) is 11.9. The maximum absolute atomic E-state index is 11.9. The molecule has 0 bridgehead atoms. The Bertz CT molecular complexity index is 259. The summed E-state index contributed by atoms with van der Waals surface area (Å²) in [5.41, 5.74) is 5.93. The van der Waals surface area contributed by atoms with Crippen molar-refractivity contribution in [3.63, 3.8) is 0 Å². The number of Topliss-reactive ketones (excluding diaryl/α,β-unsaturated/α-hetero) is 1. The topological polar surface area (TPSA) is 80.0 Å². The molecule has 0 saturated heterocycles. The summed E-state index contributed by atoms with van der Waals surface area (Å²) in [5, 5.41) is 0. The number of hydrogen-bond acceptors (Lipinski definition) is 6. The summed E-state index contributed by atoms with van der Waals surface area (Å²) in [5.74, 6) is -0.0595. The normalized spacial score (nSPS) is 12.4. The van der Waals surface area contributed by atoms with E-state index in [2.05, 4.69) is 0 Å². The van der Waals surface area contributed by atoms with Gasteiger partial charge in [-0.05, 0) is 0 Å². The van der Waals surface area contributed by atoms with Crippen molar-refractivity contribution in [3.05, 3.63) is 11.8 Å². The Labute approximate surface area is 108 Å². The summed E-state index contributed by atoms with van der Waals surface area (Å²) in [6, 6.07) is 0. The van der Waals surface area contributed by atoms with Crippen LogP contribution in [0.1, 0.15) is 19.3 Å². The van der Waals surface area contributed by atoms with E-state index in [1.165, 1.54) is 34.6 Å². The van der Waals surface area contributed by atoms with Crippen molar-refractivity contribution in [2.75, 3.05) is 28.4 Å². The molecule has 0 aliphatic rings. The van der Waals surface area contributed by atoms with Gasteiger partial charge in [-0.15, -0.1) is 0 Å². The molecule has 0 spiro atoms. The molecule has 0 saturated carbocycles. The minimum atomic E-state index is -0.468. The van der Waals surface area contributed by atoms with Gasteiger partial charge in [-0.3, -0.25) is 4.79 Å². The van der Waals surface area contributed by atoms with Crippen molar-refractivity contribution in [2.24, 2.45) is 5.73 Å². The molecular weight excluding hydrogens is 238 g/mol. The highest BCUT2D eigenvalue weighted by Gasteiger charge is 2.17. The molecule has 0 radical (unpaired) electrons. The van der Waals surface area contributed by atoms with Gasteiger partial charge in [0.15, 0.2) is 18.4 Å². The molecule has 0 fully saturated rings. The Morgan fingerprint density at radius 1 is 1.06 bits per heavy atom. The second-order valence-electron chi connectivity index (χ2n) is 3.66. The van der Waals surface area contributed by atoms with Crippen molar-refractivity contribution < 1.29 is 23.7 Å². The molecule has 0 heterocycles. The van der Waals surface area contributed by atoms with Gasteiger partial charge >= 0.3 is 0 Å². The van der Waals surface area contributed by atoms with Gasteiger partial charge in [0.25, 0.3) is 0 Å². The first kappa shape index (κ1) is 17.1. The summed E-state index contributed by atoms with van der Waals surface area (Å²) >= 11 is 0. The fourth-order valence-electron chi connectivity index (χ4n) is 1.46. The molecule has 0 aliphatic carbocycles. The maximum atomic E-state index is 11.9. The van der Waals surface area contributed by atoms with Crippen molar-refractivity contribution in [1.82, 2.24) is 0 Å². The predicted molar refractivity (Wildman–Crippen MR) is 66.7 cm³/mol. The Morgan fingerprint density at radius 2 is 1.56 bits per heavy atom. The monoisotopic (exact) mass is 261 g/mol. The smallest absolute Gasteiger partial charge is 0.160 e. The van der Waals surface area contributed by atoms with Crippen molar-refractivity contribution in [1.29, 1.82) is 0 Å². The number of methoxy groups -OCH3 is 4. The highest BCUT2D eigenvalue weighted by atomic mass is 16.7. The van der Waals surface area contributed by atoms with Gasteiger partial charge in [0, 0.05) is 59.5 Å². The van der Waals surface area contributed by atoms with Gasteiger partial charge in [-0.25, -0.2) is 0 Å². The van der Waals surface area contributed by atoms with Crippen LogP contribution in [0.25, 0.3) is 0 Å². The molecule has 6 nitrogen and oxygen atoms in total. The fourth-order valence-corrected chi connectivity index (χ4v) is 1.46. The summed E-state index contributed by atoms with van der Waals surface area (Å²) < 4.78 is 20.1. The number of ketones is 1. The van der Waals surface area contributed by atoms with E-state index >= 15 is 0 Å². The Kier molecular flexibility index (Phi) is 9.49. The van der Waals surface area contributed by atoms with Crippen LogP contribution in [-0.4, -0.2) is 46.8 Å². The van der Waals surface area contributed by atoms with E-state index in [-0.39, 0.29) is 12.1 Å². The van der Waals surface area contributed by atoms with Crippen LogP contribution < -0.4 is 5.73 Å². The Balaban J connectivity index is 4.28. The number of nitrogens with two attached hydrogens (primary N) is 1. The Morgan fingerprint density at radius 3 is 1.94 bits per heavy atom. The zero-order valence-corrected chi connectivity index (χ0v) is 11.5. The van der Waals surface area contributed by atoms with E-state index in [0.29, 0.717) is 24.8 Å². The third-order valence-corrected chi connectivity index (χ3v) is 2.60. The molecule has 0 aromatic rings. The number of rotatable bonds is 10. The number of carbonyl (C=O) groups is 1. The minimum absolute atomic E-state index is 0.0595. The maximum Gasteiger partial charge on any atom is 0.160 e. The van der Waals surface area contributed by atoms with Crippen LogP contribution >= 0.6 is 0 Å². The third kappa shape index (κ3) is 6.11. The SMILES string of the molecule is COC(CCC(=O)C(=CN)CC(OC)OC)OC. The van der Waals surface area contributed by atoms with Crippen LogP contribution in [0.5, 0.6) is 0 Å². The van der Waals surface area contributed by atoms with E-state index in [4.69, 9.17) is 24.7 Å². The molecule has 0 atom stereocenters. The largest absolute Gasteiger partial charge is 0.404 e. The zero-order chi connectivity index (χ0) is 14.0. The first-order valence-electron chi connectivity index (χ1n) is 5.68. The molecule has 6 heteroatoms. The lowest BCUT2D eigenvalue weighted by Gasteiger charge is -2.16. The van der Waals surface area contributed by atoms with Gasteiger partial charge < -0.3 is 24.7 Å². The minimum Gasteiger partial charge on any atom is -0.404 e. The van der Waals surface area contributed by atoms with E-state index in [1.807, 2.05) is 0 Å². The molecule has 18 heavy (non-hydrogen) atoms. The second kappa shape index (κ2) is 10.0. The van der Waals surface area contributed by atoms with Gasteiger partial charge in [0.05, 0.1) is 0 Å². The van der Waals surface area contributed by atoms with Crippen LogP contribution in [0.3, 0.4) is 0 Å². The lowest BCUT2D eigenvalue weighted by Crippen LogP contribution is -2.20. The zero-order valence-electron chi connectivity index (χ0n) is 11.5. The highest BCUT2D eigenvalue weighted by molar-refractivity contribution is 5.95. The number of carbonyl (C=O) groups excluding carboxylic acids is 1.